The average Bonchev–Trinajstić information content (AvgIpc) is 3.28. The predicted octanol–water partition coefficient (Wildman–Crippen LogP) is 2.28. The number of oxazole rings is 1. The molecule has 7 heteroatoms. The maximum absolute atomic E-state index is 13.0. The number of carbonyl (C=O) groups excluding carboxylic acids is 1. The van der Waals surface area contributed by atoms with Crippen molar-refractivity contribution in [3.63, 3.8) is 0 Å². The van der Waals surface area contributed by atoms with Crippen LogP contribution in [0, 0.1) is 0 Å². The van der Waals surface area contributed by atoms with Crippen LogP contribution in [0.5, 0.6) is 0 Å². The molecular weight excluding hydrogens is 318 g/mol. The van der Waals surface area contributed by atoms with Gasteiger partial charge in [0.25, 0.3) is 5.91 Å². The van der Waals surface area contributed by atoms with Crippen LogP contribution in [-0.2, 0) is 6.54 Å². The number of nitrogens with zero attached hydrogens (tertiary/aromatic N) is 5. The summed E-state index contributed by atoms with van der Waals surface area (Å²) >= 11 is 0. The van der Waals surface area contributed by atoms with Crippen molar-refractivity contribution in [2.75, 3.05) is 19.0 Å². The van der Waals surface area contributed by atoms with Crippen molar-refractivity contribution in [3.05, 3.63) is 72.0 Å². The standard InChI is InChI=1S/C18H17N5O2/c1-22(2)13-3-4-14-12(7-13)10-23(17(14)16-9-20-11-25-16)18(24)15-8-19-5-6-21-15/h3-9,11,17H,10H2,1-2H3/t17-/m1/s1. The van der Waals surface area contributed by atoms with Crippen molar-refractivity contribution >= 4 is 11.6 Å². The minimum absolute atomic E-state index is 0.183. The number of amides is 1. The van der Waals surface area contributed by atoms with Gasteiger partial charge in [-0.25, -0.2) is 9.97 Å². The number of hydrogen-bond donors (Lipinski definition) is 0. The highest BCUT2D eigenvalue weighted by atomic mass is 16.3. The summed E-state index contributed by atoms with van der Waals surface area (Å²) in [4.78, 5) is 28.9. The SMILES string of the molecule is CN(C)c1ccc2c(c1)CN(C(=O)c1cnccn1)[C@H]2c1cnco1. The molecule has 0 spiro atoms. The third kappa shape index (κ3) is 2.63. The highest BCUT2D eigenvalue weighted by Gasteiger charge is 2.37. The minimum atomic E-state index is -0.316. The Morgan fingerprint density at radius 1 is 1.24 bits per heavy atom. The molecule has 0 fully saturated rings. The minimum Gasteiger partial charge on any atom is -0.446 e. The van der Waals surface area contributed by atoms with E-state index < -0.39 is 0 Å². The average molecular weight is 335 g/mol. The first kappa shape index (κ1) is 15.3. The topological polar surface area (TPSA) is 75.4 Å². The van der Waals surface area contributed by atoms with E-state index in [0.29, 0.717) is 18.0 Å². The first-order chi connectivity index (χ1) is 12.1. The second-order valence-electron chi connectivity index (χ2n) is 6.11. The van der Waals surface area contributed by atoms with Crippen LogP contribution in [0.1, 0.15) is 33.4 Å². The largest absolute Gasteiger partial charge is 0.446 e. The number of rotatable bonds is 3. The van der Waals surface area contributed by atoms with Crippen LogP contribution < -0.4 is 4.90 Å². The van der Waals surface area contributed by atoms with Gasteiger partial charge in [0, 0.05) is 38.7 Å². The van der Waals surface area contributed by atoms with Gasteiger partial charge in [-0.05, 0) is 23.3 Å². The fourth-order valence-electron chi connectivity index (χ4n) is 3.13. The molecule has 0 saturated carbocycles. The van der Waals surface area contributed by atoms with Gasteiger partial charge in [-0.2, -0.15) is 0 Å². The third-order valence-electron chi connectivity index (χ3n) is 4.35. The molecule has 0 N–H and O–H groups in total. The molecule has 3 heterocycles. The molecule has 0 saturated heterocycles. The predicted molar refractivity (Wildman–Crippen MR) is 91.0 cm³/mol. The van der Waals surface area contributed by atoms with E-state index in [4.69, 9.17) is 4.42 Å². The van der Waals surface area contributed by atoms with Crippen molar-refractivity contribution in [1.29, 1.82) is 0 Å². The fourth-order valence-corrected chi connectivity index (χ4v) is 3.13. The monoisotopic (exact) mass is 335 g/mol. The molecule has 25 heavy (non-hydrogen) atoms. The molecule has 2 aromatic heterocycles. The van der Waals surface area contributed by atoms with Crippen molar-refractivity contribution in [3.8, 4) is 0 Å². The highest BCUT2D eigenvalue weighted by Crippen LogP contribution is 2.40. The second kappa shape index (κ2) is 6.01. The third-order valence-corrected chi connectivity index (χ3v) is 4.35. The first-order valence-electron chi connectivity index (χ1n) is 7.90. The van der Waals surface area contributed by atoms with Gasteiger partial charge in [0.2, 0.25) is 0 Å². The van der Waals surface area contributed by atoms with Gasteiger partial charge < -0.3 is 14.2 Å². The first-order valence-corrected chi connectivity index (χ1v) is 7.90. The van der Waals surface area contributed by atoms with Gasteiger partial charge in [-0.1, -0.05) is 6.07 Å². The summed E-state index contributed by atoms with van der Waals surface area (Å²) in [5.74, 6) is 0.450. The van der Waals surface area contributed by atoms with E-state index in [0.717, 1.165) is 16.8 Å². The Bertz CT molecular complexity index is 893. The summed E-state index contributed by atoms with van der Waals surface area (Å²) in [7, 11) is 3.99. The lowest BCUT2D eigenvalue weighted by Gasteiger charge is -2.22. The second-order valence-corrected chi connectivity index (χ2v) is 6.11. The summed E-state index contributed by atoms with van der Waals surface area (Å²) in [6.45, 7) is 0.484. The number of benzene rings is 1. The van der Waals surface area contributed by atoms with Gasteiger partial charge in [0.1, 0.15) is 11.7 Å². The van der Waals surface area contributed by atoms with E-state index in [9.17, 15) is 4.79 Å². The van der Waals surface area contributed by atoms with Gasteiger partial charge in [-0.3, -0.25) is 9.78 Å². The molecule has 1 aliphatic rings. The lowest BCUT2D eigenvalue weighted by Crippen LogP contribution is -2.30. The number of aromatic nitrogens is 3. The highest BCUT2D eigenvalue weighted by molar-refractivity contribution is 5.93. The normalized spacial score (nSPS) is 15.9. The summed E-state index contributed by atoms with van der Waals surface area (Å²) in [5, 5.41) is 0. The van der Waals surface area contributed by atoms with Crippen LogP contribution in [0.3, 0.4) is 0 Å². The van der Waals surface area contributed by atoms with Crippen LogP contribution in [0.25, 0.3) is 0 Å². The molecule has 0 aliphatic carbocycles. The van der Waals surface area contributed by atoms with Crippen LogP contribution in [0.4, 0.5) is 5.69 Å². The zero-order valence-corrected chi connectivity index (χ0v) is 14.0. The summed E-state index contributed by atoms with van der Waals surface area (Å²) in [6.07, 6.45) is 7.58. The number of anilines is 1. The maximum Gasteiger partial charge on any atom is 0.275 e. The molecule has 0 unspecified atom stereocenters. The van der Waals surface area contributed by atoms with Crippen LogP contribution in [0.15, 0.2) is 53.8 Å². The van der Waals surface area contributed by atoms with E-state index in [1.807, 2.05) is 31.1 Å². The molecule has 3 aromatic rings. The Kier molecular flexibility index (Phi) is 3.68. The van der Waals surface area contributed by atoms with Gasteiger partial charge in [0.05, 0.1) is 12.4 Å². The quantitative estimate of drug-likeness (QED) is 0.731. The smallest absolute Gasteiger partial charge is 0.275 e. The van der Waals surface area contributed by atoms with E-state index in [-0.39, 0.29) is 11.9 Å². The maximum atomic E-state index is 13.0. The summed E-state index contributed by atoms with van der Waals surface area (Å²) in [5.41, 5.74) is 3.53. The molecule has 126 valence electrons. The molecular formula is C18H17N5O2. The summed E-state index contributed by atoms with van der Waals surface area (Å²) in [6, 6.07) is 5.87. The summed E-state index contributed by atoms with van der Waals surface area (Å²) < 4.78 is 5.52. The van der Waals surface area contributed by atoms with Crippen LogP contribution >= 0.6 is 0 Å². The van der Waals surface area contributed by atoms with Gasteiger partial charge >= 0.3 is 0 Å². The Morgan fingerprint density at radius 3 is 2.80 bits per heavy atom. The molecule has 4 rings (SSSR count). The molecule has 0 bridgehead atoms. The fraction of sp³-hybridized carbons (Fsp3) is 0.222. The number of hydrogen-bond acceptors (Lipinski definition) is 6. The Labute approximate surface area is 144 Å². The van der Waals surface area contributed by atoms with Crippen molar-refractivity contribution in [2.45, 2.75) is 12.6 Å². The zero-order valence-electron chi connectivity index (χ0n) is 14.0. The lowest BCUT2D eigenvalue weighted by molar-refractivity contribution is 0.0697. The number of fused-ring (bicyclic) bond motifs is 1. The van der Waals surface area contributed by atoms with Gasteiger partial charge in [0.15, 0.2) is 12.2 Å². The molecule has 1 aliphatic heterocycles. The van der Waals surface area contributed by atoms with Crippen molar-refractivity contribution in [1.82, 2.24) is 19.9 Å². The lowest BCUT2D eigenvalue weighted by atomic mass is 10.0. The molecule has 1 atom stereocenters. The van der Waals surface area contributed by atoms with Crippen LogP contribution in [-0.4, -0.2) is 39.9 Å². The molecule has 1 amide bonds. The zero-order chi connectivity index (χ0) is 17.4. The van der Waals surface area contributed by atoms with E-state index in [1.54, 1.807) is 17.3 Å². The molecule has 0 radical (unpaired) electrons. The van der Waals surface area contributed by atoms with E-state index in [1.165, 1.54) is 18.8 Å². The van der Waals surface area contributed by atoms with Gasteiger partial charge in [-0.15, -0.1) is 0 Å². The molecule has 7 nitrogen and oxygen atoms in total. The van der Waals surface area contributed by atoms with Crippen molar-refractivity contribution in [2.24, 2.45) is 0 Å². The van der Waals surface area contributed by atoms with E-state index >= 15 is 0 Å². The Hall–Kier alpha value is -3.22. The Morgan fingerprint density at radius 2 is 2.12 bits per heavy atom. The number of carbonyl (C=O) groups is 1. The Balaban J connectivity index is 1.78. The van der Waals surface area contributed by atoms with E-state index in [2.05, 4.69) is 21.0 Å². The molecule has 1 aromatic carbocycles. The van der Waals surface area contributed by atoms with Crippen LogP contribution in [0.2, 0.25) is 0 Å². The van der Waals surface area contributed by atoms with Crippen molar-refractivity contribution < 1.29 is 9.21 Å².